The van der Waals surface area contributed by atoms with E-state index in [1.54, 1.807) is 11.8 Å². The third-order valence-electron chi connectivity index (χ3n) is 2.83. The standard InChI is InChI=1S/C11H18N2O4/c1-3-5-12(7-10(15)16)8-6-9(14)13(4-2)11(8)17/h8H,3-7H2,1-2H3,(H,15,16). The summed E-state index contributed by atoms with van der Waals surface area (Å²) in [6, 6.07) is -0.599. The van der Waals surface area contributed by atoms with E-state index in [-0.39, 0.29) is 24.8 Å². The number of nitrogens with zero attached hydrogens (tertiary/aromatic N) is 2. The number of rotatable bonds is 6. The molecule has 1 heterocycles. The first-order chi connectivity index (χ1) is 8.01. The number of hydrogen-bond donors (Lipinski definition) is 1. The van der Waals surface area contributed by atoms with Gasteiger partial charge in [0.25, 0.3) is 0 Å². The number of amides is 2. The molecule has 2 amide bonds. The fraction of sp³-hybridized carbons (Fsp3) is 0.727. The van der Waals surface area contributed by atoms with Crippen LogP contribution < -0.4 is 0 Å². The summed E-state index contributed by atoms with van der Waals surface area (Å²) in [6.45, 7) is 4.30. The number of likely N-dealkylation sites (tertiary alicyclic amines) is 1. The van der Waals surface area contributed by atoms with Crippen LogP contribution in [0.1, 0.15) is 26.7 Å². The lowest BCUT2D eigenvalue weighted by Gasteiger charge is -2.24. The molecule has 96 valence electrons. The van der Waals surface area contributed by atoms with E-state index in [0.717, 1.165) is 6.42 Å². The van der Waals surface area contributed by atoms with Crippen molar-refractivity contribution in [2.45, 2.75) is 32.7 Å². The van der Waals surface area contributed by atoms with E-state index in [1.807, 2.05) is 6.92 Å². The van der Waals surface area contributed by atoms with Gasteiger partial charge in [-0.2, -0.15) is 0 Å². The van der Waals surface area contributed by atoms with Gasteiger partial charge in [-0.25, -0.2) is 0 Å². The van der Waals surface area contributed by atoms with Gasteiger partial charge < -0.3 is 5.11 Å². The lowest BCUT2D eigenvalue weighted by atomic mass is 10.2. The van der Waals surface area contributed by atoms with Crippen LogP contribution in [0, 0.1) is 0 Å². The van der Waals surface area contributed by atoms with Crippen LogP contribution in [0.25, 0.3) is 0 Å². The Morgan fingerprint density at radius 3 is 2.53 bits per heavy atom. The smallest absolute Gasteiger partial charge is 0.317 e. The summed E-state index contributed by atoms with van der Waals surface area (Å²) < 4.78 is 0. The topological polar surface area (TPSA) is 77.9 Å². The van der Waals surface area contributed by atoms with E-state index in [1.165, 1.54) is 4.90 Å². The molecule has 1 N–H and O–H groups in total. The Morgan fingerprint density at radius 2 is 2.12 bits per heavy atom. The first-order valence-corrected chi connectivity index (χ1v) is 5.81. The van der Waals surface area contributed by atoms with Gasteiger partial charge in [-0.05, 0) is 19.9 Å². The normalized spacial score (nSPS) is 20.4. The Morgan fingerprint density at radius 1 is 1.47 bits per heavy atom. The molecule has 0 aliphatic carbocycles. The molecule has 0 radical (unpaired) electrons. The van der Waals surface area contributed by atoms with E-state index < -0.39 is 12.0 Å². The fourth-order valence-corrected chi connectivity index (χ4v) is 2.09. The summed E-state index contributed by atoms with van der Waals surface area (Å²) in [4.78, 5) is 37.0. The zero-order chi connectivity index (χ0) is 13.0. The summed E-state index contributed by atoms with van der Waals surface area (Å²) in [5, 5.41) is 8.79. The summed E-state index contributed by atoms with van der Waals surface area (Å²) in [5.74, 6) is -1.46. The molecule has 17 heavy (non-hydrogen) atoms. The lowest BCUT2D eigenvalue weighted by Crippen LogP contribution is -2.44. The average molecular weight is 242 g/mol. The van der Waals surface area contributed by atoms with Crippen molar-refractivity contribution >= 4 is 17.8 Å². The van der Waals surface area contributed by atoms with Gasteiger partial charge in [-0.15, -0.1) is 0 Å². The number of likely N-dealkylation sites (N-methyl/N-ethyl adjacent to an activating group) is 1. The molecule has 1 atom stereocenters. The third kappa shape index (κ3) is 3.03. The molecule has 1 saturated heterocycles. The molecule has 1 aliphatic rings. The van der Waals surface area contributed by atoms with Crippen molar-refractivity contribution in [2.75, 3.05) is 19.6 Å². The molecule has 0 aromatic rings. The van der Waals surface area contributed by atoms with E-state index in [4.69, 9.17) is 5.11 Å². The van der Waals surface area contributed by atoms with Gasteiger partial charge in [-0.3, -0.25) is 24.2 Å². The summed E-state index contributed by atoms with van der Waals surface area (Å²) in [5.41, 5.74) is 0. The molecule has 6 heteroatoms. The molecule has 1 unspecified atom stereocenters. The first kappa shape index (κ1) is 13.6. The molecule has 0 aromatic carbocycles. The van der Waals surface area contributed by atoms with Crippen molar-refractivity contribution < 1.29 is 19.5 Å². The van der Waals surface area contributed by atoms with Crippen LogP contribution in [-0.4, -0.2) is 58.4 Å². The van der Waals surface area contributed by atoms with Crippen molar-refractivity contribution in [1.82, 2.24) is 9.80 Å². The van der Waals surface area contributed by atoms with Gasteiger partial charge in [0.05, 0.1) is 19.0 Å². The minimum atomic E-state index is -0.978. The monoisotopic (exact) mass is 242 g/mol. The Bertz CT molecular complexity index is 329. The van der Waals surface area contributed by atoms with Crippen molar-refractivity contribution in [3.05, 3.63) is 0 Å². The summed E-state index contributed by atoms with van der Waals surface area (Å²) in [7, 11) is 0. The second-order valence-corrected chi connectivity index (χ2v) is 4.06. The maximum Gasteiger partial charge on any atom is 0.317 e. The quantitative estimate of drug-likeness (QED) is 0.660. The van der Waals surface area contributed by atoms with Crippen LogP contribution in [0.4, 0.5) is 0 Å². The highest BCUT2D eigenvalue weighted by atomic mass is 16.4. The zero-order valence-electron chi connectivity index (χ0n) is 10.2. The van der Waals surface area contributed by atoms with Crippen molar-refractivity contribution in [3.8, 4) is 0 Å². The second-order valence-electron chi connectivity index (χ2n) is 4.06. The van der Waals surface area contributed by atoms with Gasteiger partial charge in [0.2, 0.25) is 11.8 Å². The number of aliphatic carboxylic acids is 1. The van der Waals surface area contributed by atoms with Crippen LogP contribution in [-0.2, 0) is 14.4 Å². The van der Waals surface area contributed by atoms with Crippen LogP contribution in [0.5, 0.6) is 0 Å². The van der Waals surface area contributed by atoms with E-state index in [0.29, 0.717) is 13.1 Å². The summed E-state index contributed by atoms with van der Waals surface area (Å²) in [6.07, 6.45) is 0.845. The van der Waals surface area contributed by atoms with Crippen LogP contribution in [0.15, 0.2) is 0 Å². The predicted octanol–water partition coefficient (Wildman–Crippen LogP) is -0.0696. The zero-order valence-corrected chi connectivity index (χ0v) is 10.2. The SMILES string of the molecule is CCCN(CC(=O)O)C1CC(=O)N(CC)C1=O. The largest absolute Gasteiger partial charge is 0.480 e. The Balaban J connectivity index is 2.78. The van der Waals surface area contributed by atoms with E-state index in [9.17, 15) is 14.4 Å². The highest BCUT2D eigenvalue weighted by Gasteiger charge is 2.41. The number of carboxylic acid groups (broad SMARTS) is 1. The number of carbonyl (C=O) groups excluding carboxylic acids is 2. The minimum Gasteiger partial charge on any atom is -0.480 e. The average Bonchev–Trinajstić information content (AvgIpc) is 2.52. The number of carbonyl (C=O) groups is 3. The second kappa shape index (κ2) is 5.77. The first-order valence-electron chi connectivity index (χ1n) is 5.81. The van der Waals surface area contributed by atoms with Crippen molar-refractivity contribution in [3.63, 3.8) is 0 Å². The minimum absolute atomic E-state index is 0.0972. The molecule has 6 nitrogen and oxygen atoms in total. The maximum atomic E-state index is 11.9. The number of carboxylic acids is 1. The molecule has 1 aliphatic heterocycles. The molecule has 1 fully saturated rings. The molecular weight excluding hydrogens is 224 g/mol. The predicted molar refractivity (Wildman–Crippen MR) is 60.3 cm³/mol. The van der Waals surface area contributed by atoms with E-state index in [2.05, 4.69) is 0 Å². The third-order valence-corrected chi connectivity index (χ3v) is 2.83. The molecule has 0 spiro atoms. The fourth-order valence-electron chi connectivity index (χ4n) is 2.09. The van der Waals surface area contributed by atoms with E-state index >= 15 is 0 Å². The Labute approximate surface area is 100 Å². The van der Waals surface area contributed by atoms with Crippen LogP contribution in [0.3, 0.4) is 0 Å². The Hall–Kier alpha value is -1.43. The number of hydrogen-bond acceptors (Lipinski definition) is 4. The van der Waals surface area contributed by atoms with Crippen molar-refractivity contribution in [2.24, 2.45) is 0 Å². The van der Waals surface area contributed by atoms with Crippen LogP contribution in [0.2, 0.25) is 0 Å². The van der Waals surface area contributed by atoms with Crippen molar-refractivity contribution in [1.29, 1.82) is 0 Å². The van der Waals surface area contributed by atoms with Gasteiger partial charge >= 0.3 is 5.97 Å². The summed E-state index contributed by atoms with van der Waals surface area (Å²) >= 11 is 0. The van der Waals surface area contributed by atoms with Crippen LogP contribution >= 0.6 is 0 Å². The molecular formula is C11H18N2O4. The lowest BCUT2D eigenvalue weighted by molar-refractivity contribution is -0.141. The molecule has 0 aromatic heterocycles. The molecule has 0 bridgehead atoms. The number of imide groups is 1. The van der Waals surface area contributed by atoms with Gasteiger partial charge in [0.15, 0.2) is 0 Å². The highest BCUT2D eigenvalue weighted by Crippen LogP contribution is 2.18. The highest BCUT2D eigenvalue weighted by molar-refractivity contribution is 6.05. The van der Waals surface area contributed by atoms with Gasteiger partial charge in [0.1, 0.15) is 0 Å². The maximum absolute atomic E-state index is 11.9. The van der Waals surface area contributed by atoms with Gasteiger partial charge in [0, 0.05) is 6.54 Å². The van der Waals surface area contributed by atoms with Gasteiger partial charge in [-0.1, -0.05) is 6.92 Å². The Kier molecular flexibility index (Phi) is 4.62. The molecule has 1 rings (SSSR count). The molecule has 0 saturated carbocycles.